The Hall–Kier alpha value is -0.650. The van der Waals surface area contributed by atoms with E-state index in [0.29, 0.717) is 26.4 Å². The third kappa shape index (κ3) is 3.43. The summed E-state index contributed by atoms with van der Waals surface area (Å²) in [7, 11) is 1.62. The van der Waals surface area contributed by atoms with Gasteiger partial charge in [0.05, 0.1) is 32.0 Å². The molecule has 2 aliphatic rings. The van der Waals surface area contributed by atoms with E-state index in [2.05, 4.69) is 0 Å². The minimum absolute atomic E-state index is 0.0892. The predicted octanol–water partition coefficient (Wildman–Crippen LogP) is 0.819. The molecule has 1 saturated heterocycles. The second kappa shape index (κ2) is 7.07. The van der Waals surface area contributed by atoms with Crippen LogP contribution in [0.4, 0.5) is 0 Å². The molecule has 2 rings (SSSR count). The molecule has 1 aliphatic carbocycles. The van der Waals surface area contributed by atoms with E-state index in [1.54, 1.807) is 7.11 Å². The van der Waals surface area contributed by atoms with Crippen LogP contribution in [0.1, 0.15) is 25.7 Å². The maximum atomic E-state index is 12.1. The Labute approximate surface area is 108 Å². The Bertz CT molecular complexity index is 270. The summed E-state index contributed by atoms with van der Waals surface area (Å²) in [5.74, 6) is 0.0892. The number of fused-ring (bicyclic) bond motifs is 1. The number of nitrogens with zero attached hydrogens (tertiary/aromatic N) is 1. The monoisotopic (exact) mass is 257 g/mol. The first-order valence-corrected chi connectivity index (χ1v) is 6.80. The van der Waals surface area contributed by atoms with Crippen molar-refractivity contribution in [3.63, 3.8) is 0 Å². The molecule has 1 amide bonds. The molecule has 1 saturated carbocycles. The molecule has 0 unspecified atom stereocenters. The van der Waals surface area contributed by atoms with Gasteiger partial charge in [0.25, 0.3) is 0 Å². The van der Waals surface area contributed by atoms with Gasteiger partial charge in [0.2, 0.25) is 5.91 Å². The molecule has 1 aliphatic heterocycles. The number of morpholine rings is 1. The van der Waals surface area contributed by atoms with Gasteiger partial charge in [-0.15, -0.1) is 0 Å². The van der Waals surface area contributed by atoms with E-state index >= 15 is 0 Å². The highest BCUT2D eigenvalue weighted by molar-refractivity contribution is 5.78. The minimum Gasteiger partial charge on any atom is -0.382 e. The normalized spacial score (nSPS) is 27.9. The third-order valence-electron chi connectivity index (χ3n) is 3.71. The largest absolute Gasteiger partial charge is 0.382 e. The van der Waals surface area contributed by atoms with Crippen molar-refractivity contribution in [2.75, 3.05) is 40.1 Å². The summed E-state index contributed by atoms with van der Waals surface area (Å²) >= 11 is 0. The SMILES string of the molecule is COCCOCC(=O)N1CCO[C@H]2CCCC[C@@H]21. The average Bonchev–Trinajstić information content (AvgIpc) is 2.43. The smallest absolute Gasteiger partial charge is 0.248 e. The molecular formula is C13H23NO4. The molecule has 18 heavy (non-hydrogen) atoms. The van der Waals surface area contributed by atoms with Crippen molar-refractivity contribution in [1.82, 2.24) is 4.90 Å². The van der Waals surface area contributed by atoms with Gasteiger partial charge in [0.1, 0.15) is 6.61 Å². The Morgan fingerprint density at radius 2 is 2.17 bits per heavy atom. The van der Waals surface area contributed by atoms with E-state index in [1.165, 1.54) is 12.8 Å². The van der Waals surface area contributed by atoms with Crippen molar-refractivity contribution in [2.45, 2.75) is 37.8 Å². The lowest BCUT2D eigenvalue weighted by atomic mass is 9.90. The van der Waals surface area contributed by atoms with Crippen LogP contribution in [0.25, 0.3) is 0 Å². The molecular weight excluding hydrogens is 234 g/mol. The highest BCUT2D eigenvalue weighted by atomic mass is 16.5. The number of hydrogen-bond acceptors (Lipinski definition) is 4. The molecule has 1 heterocycles. The van der Waals surface area contributed by atoms with Crippen molar-refractivity contribution in [3.8, 4) is 0 Å². The van der Waals surface area contributed by atoms with Gasteiger partial charge in [-0.3, -0.25) is 4.79 Å². The summed E-state index contributed by atoms with van der Waals surface area (Å²) in [6.45, 7) is 2.52. The summed E-state index contributed by atoms with van der Waals surface area (Å²) < 4.78 is 15.9. The Balaban J connectivity index is 1.80. The van der Waals surface area contributed by atoms with E-state index < -0.39 is 0 Å². The van der Waals surface area contributed by atoms with Crippen molar-refractivity contribution >= 4 is 5.91 Å². The van der Waals surface area contributed by atoms with Crippen LogP contribution < -0.4 is 0 Å². The van der Waals surface area contributed by atoms with Crippen LogP contribution in [0.5, 0.6) is 0 Å². The summed E-state index contributed by atoms with van der Waals surface area (Å²) in [6.07, 6.45) is 4.80. The Morgan fingerprint density at radius 1 is 1.33 bits per heavy atom. The number of amides is 1. The zero-order valence-electron chi connectivity index (χ0n) is 11.1. The second-order valence-corrected chi connectivity index (χ2v) is 4.89. The standard InChI is InChI=1S/C13H23NO4/c1-16-8-9-17-10-13(15)14-6-7-18-12-5-3-2-4-11(12)14/h11-12H,2-10H2,1H3/t11-,12-/m0/s1. The maximum Gasteiger partial charge on any atom is 0.248 e. The van der Waals surface area contributed by atoms with Crippen LogP contribution in [-0.2, 0) is 19.0 Å². The first-order chi connectivity index (χ1) is 8.83. The summed E-state index contributed by atoms with van der Waals surface area (Å²) in [5.41, 5.74) is 0. The van der Waals surface area contributed by atoms with Gasteiger partial charge in [-0.05, 0) is 12.8 Å². The number of methoxy groups -OCH3 is 1. The summed E-state index contributed by atoms with van der Waals surface area (Å²) in [5, 5.41) is 0. The Morgan fingerprint density at radius 3 is 3.00 bits per heavy atom. The van der Waals surface area contributed by atoms with Crippen molar-refractivity contribution in [2.24, 2.45) is 0 Å². The summed E-state index contributed by atoms with van der Waals surface area (Å²) in [6, 6.07) is 0.269. The van der Waals surface area contributed by atoms with Gasteiger partial charge in [-0.1, -0.05) is 12.8 Å². The highest BCUT2D eigenvalue weighted by Crippen LogP contribution is 2.28. The maximum absolute atomic E-state index is 12.1. The topological polar surface area (TPSA) is 48.0 Å². The number of hydrogen-bond donors (Lipinski definition) is 0. The fourth-order valence-electron chi connectivity index (χ4n) is 2.79. The van der Waals surface area contributed by atoms with Crippen molar-refractivity contribution in [3.05, 3.63) is 0 Å². The van der Waals surface area contributed by atoms with Crippen molar-refractivity contribution < 1.29 is 19.0 Å². The molecule has 0 N–H and O–H groups in total. The van der Waals surface area contributed by atoms with E-state index in [9.17, 15) is 4.79 Å². The van der Waals surface area contributed by atoms with Gasteiger partial charge in [0.15, 0.2) is 0 Å². The minimum atomic E-state index is 0.0892. The van der Waals surface area contributed by atoms with Crippen LogP contribution in [0, 0.1) is 0 Å². The Kier molecular flexibility index (Phi) is 5.41. The molecule has 104 valence electrons. The third-order valence-corrected chi connectivity index (χ3v) is 3.71. The number of carbonyl (C=O) groups excluding carboxylic acids is 1. The van der Waals surface area contributed by atoms with Crippen molar-refractivity contribution in [1.29, 1.82) is 0 Å². The van der Waals surface area contributed by atoms with Gasteiger partial charge in [-0.25, -0.2) is 0 Å². The molecule has 5 heteroatoms. The molecule has 0 spiro atoms. The molecule has 0 bridgehead atoms. The molecule has 5 nitrogen and oxygen atoms in total. The second-order valence-electron chi connectivity index (χ2n) is 4.89. The predicted molar refractivity (Wildman–Crippen MR) is 66.4 cm³/mol. The molecule has 2 fully saturated rings. The molecule has 0 aromatic heterocycles. The van der Waals surface area contributed by atoms with Gasteiger partial charge < -0.3 is 19.1 Å². The van der Waals surface area contributed by atoms with Gasteiger partial charge in [0, 0.05) is 13.7 Å². The average molecular weight is 257 g/mol. The fourth-order valence-corrected chi connectivity index (χ4v) is 2.79. The lowest BCUT2D eigenvalue weighted by Gasteiger charge is -2.43. The number of rotatable bonds is 5. The van der Waals surface area contributed by atoms with Crippen LogP contribution >= 0.6 is 0 Å². The van der Waals surface area contributed by atoms with Crippen LogP contribution in [0.3, 0.4) is 0 Å². The molecule has 0 aromatic rings. The summed E-state index contributed by atoms with van der Waals surface area (Å²) in [4.78, 5) is 14.1. The molecule has 2 atom stereocenters. The zero-order valence-corrected chi connectivity index (χ0v) is 11.1. The van der Waals surface area contributed by atoms with Crippen LogP contribution in [0.15, 0.2) is 0 Å². The zero-order chi connectivity index (χ0) is 12.8. The first kappa shape index (κ1) is 13.8. The van der Waals surface area contributed by atoms with E-state index in [1.807, 2.05) is 4.90 Å². The molecule has 0 aromatic carbocycles. The van der Waals surface area contributed by atoms with E-state index in [-0.39, 0.29) is 24.7 Å². The highest BCUT2D eigenvalue weighted by Gasteiger charge is 2.36. The van der Waals surface area contributed by atoms with Crippen LogP contribution in [0.2, 0.25) is 0 Å². The quantitative estimate of drug-likeness (QED) is 0.684. The first-order valence-electron chi connectivity index (χ1n) is 6.80. The van der Waals surface area contributed by atoms with Gasteiger partial charge >= 0.3 is 0 Å². The van der Waals surface area contributed by atoms with Gasteiger partial charge in [-0.2, -0.15) is 0 Å². The van der Waals surface area contributed by atoms with Crippen LogP contribution in [-0.4, -0.2) is 63.0 Å². The number of ether oxygens (including phenoxy) is 3. The molecule has 0 radical (unpaired) electrons. The lowest BCUT2D eigenvalue weighted by Crippen LogP contribution is -2.55. The lowest BCUT2D eigenvalue weighted by molar-refractivity contribution is -0.154. The van der Waals surface area contributed by atoms with E-state index in [4.69, 9.17) is 14.2 Å². The van der Waals surface area contributed by atoms with E-state index in [0.717, 1.165) is 12.8 Å². The number of carbonyl (C=O) groups is 1. The fraction of sp³-hybridized carbons (Fsp3) is 0.923.